The van der Waals surface area contributed by atoms with Crippen LogP contribution in [0.25, 0.3) is 0 Å². The van der Waals surface area contributed by atoms with Crippen molar-refractivity contribution in [3.05, 3.63) is 59.9 Å². The zero-order valence-corrected chi connectivity index (χ0v) is 13.9. The van der Waals surface area contributed by atoms with Gasteiger partial charge in [0.2, 0.25) is 0 Å². The van der Waals surface area contributed by atoms with Gasteiger partial charge in [0, 0.05) is 24.6 Å². The lowest BCUT2D eigenvalue weighted by molar-refractivity contribution is 0.0697. The lowest BCUT2D eigenvalue weighted by Crippen LogP contribution is -2.44. The summed E-state index contributed by atoms with van der Waals surface area (Å²) in [5, 5.41) is 21.2. The van der Waals surface area contributed by atoms with Gasteiger partial charge in [-0.05, 0) is 42.3 Å². The second kappa shape index (κ2) is 8.79. The van der Waals surface area contributed by atoms with Gasteiger partial charge in [-0.15, -0.1) is 0 Å². The van der Waals surface area contributed by atoms with E-state index in [1.165, 1.54) is 24.3 Å². The molecule has 0 spiro atoms. The number of hydrogen-bond donors (Lipinski definition) is 3. The van der Waals surface area contributed by atoms with Crippen LogP contribution >= 0.6 is 0 Å². The van der Waals surface area contributed by atoms with Gasteiger partial charge in [0.1, 0.15) is 0 Å². The minimum Gasteiger partial charge on any atom is -0.478 e. The molecular formula is C18H21N3O4. The molecule has 2 aromatic rings. The summed E-state index contributed by atoms with van der Waals surface area (Å²) in [6.45, 7) is 2.06. The van der Waals surface area contributed by atoms with Gasteiger partial charge in [-0.3, -0.25) is 4.98 Å². The fourth-order valence-electron chi connectivity index (χ4n) is 2.39. The molecule has 0 aliphatic heterocycles. The van der Waals surface area contributed by atoms with Gasteiger partial charge in [-0.25, -0.2) is 9.59 Å². The number of carboxylic acids is 1. The van der Waals surface area contributed by atoms with E-state index in [-0.39, 0.29) is 24.2 Å². The maximum atomic E-state index is 12.7. The standard InChI is InChI=1S/C18H21N3O4/c1-2-16(12-22)21(11-13-4-3-9-19-10-13)18(25)20-15-7-5-14(6-8-15)17(23)24/h3-10,16,22H,2,11-12H2,1H3,(H,20,25)(H,23,24). The molecule has 1 heterocycles. The molecule has 2 rings (SSSR count). The van der Waals surface area contributed by atoms with E-state index in [0.717, 1.165) is 5.56 Å². The van der Waals surface area contributed by atoms with Gasteiger partial charge < -0.3 is 20.4 Å². The van der Waals surface area contributed by atoms with Crippen LogP contribution in [0.4, 0.5) is 10.5 Å². The van der Waals surface area contributed by atoms with Crippen molar-refractivity contribution in [2.45, 2.75) is 25.9 Å². The molecule has 0 saturated carbocycles. The van der Waals surface area contributed by atoms with Crippen molar-refractivity contribution >= 4 is 17.7 Å². The Hall–Kier alpha value is -2.93. The van der Waals surface area contributed by atoms with Crippen molar-refractivity contribution in [2.24, 2.45) is 0 Å². The molecule has 0 aliphatic rings. The molecule has 132 valence electrons. The van der Waals surface area contributed by atoms with Crippen LogP contribution in [-0.2, 0) is 6.54 Å². The Bertz CT molecular complexity index is 700. The summed E-state index contributed by atoms with van der Waals surface area (Å²) in [6, 6.07) is 8.85. The Morgan fingerprint density at radius 2 is 1.96 bits per heavy atom. The maximum Gasteiger partial charge on any atom is 0.335 e. The van der Waals surface area contributed by atoms with E-state index in [1.807, 2.05) is 13.0 Å². The van der Waals surface area contributed by atoms with E-state index >= 15 is 0 Å². The van der Waals surface area contributed by atoms with Gasteiger partial charge in [0.25, 0.3) is 0 Å². The highest BCUT2D eigenvalue weighted by molar-refractivity contribution is 5.91. The van der Waals surface area contributed by atoms with Crippen molar-refractivity contribution < 1.29 is 19.8 Å². The van der Waals surface area contributed by atoms with Crippen molar-refractivity contribution in [1.82, 2.24) is 9.88 Å². The van der Waals surface area contributed by atoms with Crippen LogP contribution in [0.3, 0.4) is 0 Å². The first-order valence-electron chi connectivity index (χ1n) is 7.96. The van der Waals surface area contributed by atoms with E-state index in [0.29, 0.717) is 18.7 Å². The van der Waals surface area contributed by atoms with Crippen LogP contribution in [0.1, 0.15) is 29.3 Å². The molecule has 7 heteroatoms. The van der Waals surface area contributed by atoms with Crippen LogP contribution in [0.5, 0.6) is 0 Å². The summed E-state index contributed by atoms with van der Waals surface area (Å²) in [4.78, 5) is 29.1. The molecule has 0 radical (unpaired) electrons. The van der Waals surface area contributed by atoms with Gasteiger partial charge in [-0.2, -0.15) is 0 Å². The number of aliphatic hydroxyl groups excluding tert-OH is 1. The Kier molecular flexibility index (Phi) is 6.47. The summed E-state index contributed by atoms with van der Waals surface area (Å²) in [5.41, 5.74) is 1.48. The molecule has 0 fully saturated rings. The number of hydrogen-bond acceptors (Lipinski definition) is 4. The second-order valence-corrected chi connectivity index (χ2v) is 5.55. The molecule has 0 saturated heterocycles. The fraction of sp³-hybridized carbons (Fsp3) is 0.278. The van der Waals surface area contributed by atoms with Gasteiger partial charge >= 0.3 is 12.0 Å². The van der Waals surface area contributed by atoms with Gasteiger partial charge in [0.05, 0.1) is 18.2 Å². The summed E-state index contributed by atoms with van der Waals surface area (Å²) in [6.07, 6.45) is 3.93. The molecule has 0 bridgehead atoms. The summed E-state index contributed by atoms with van der Waals surface area (Å²) < 4.78 is 0. The number of anilines is 1. The summed E-state index contributed by atoms with van der Waals surface area (Å²) in [7, 11) is 0. The van der Waals surface area contributed by atoms with Crippen molar-refractivity contribution in [2.75, 3.05) is 11.9 Å². The van der Waals surface area contributed by atoms with Gasteiger partial charge in [0.15, 0.2) is 0 Å². The number of carbonyl (C=O) groups is 2. The fourth-order valence-corrected chi connectivity index (χ4v) is 2.39. The number of amides is 2. The van der Waals surface area contributed by atoms with E-state index < -0.39 is 5.97 Å². The number of aromatic nitrogens is 1. The van der Waals surface area contributed by atoms with Crippen molar-refractivity contribution in [1.29, 1.82) is 0 Å². The first kappa shape index (κ1) is 18.4. The number of pyridine rings is 1. The zero-order chi connectivity index (χ0) is 18.2. The summed E-state index contributed by atoms with van der Waals surface area (Å²) in [5.74, 6) is -1.03. The molecule has 1 unspecified atom stereocenters. The third-order valence-corrected chi connectivity index (χ3v) is 3.84. The molecule has 1 atom stereocenters. The first-order valence-corrected chi connectivity index (χ1v) is 7.96. The molecule has 7 nitrogen and oxygen atoms in total. The lowest BCUT2D eigenvalue weighted by Gasteiger charge is -2.30. The molecule has 1 aromatic heterocycles. The van der Waals surface area contributed by atoms with Crippen LogP contribution < -0.4 is 5.32 Å². The topological polar surface area (TPSA) is 103 Å². The van der Waals surface area contributed by atoms with E-state index in [4.69, 9.17) is 5.11 Å². The Balaban J connectivity index is 2.15. The van der Waals surface area contributed by atoms with E-state index in [1.54, 1.807) is 23.4 Å². The highest BCUT2D eigenvalue weighted by Crippen LogP contribution is 2.15. The number of carbonyl (C=O) groups excluding carboxylic acids is 1. The maximum absolute atomic E-state index is 12.7. The second-order valence-electron chi connectivity index (χ2n) is 5.55. The average Bonchev–Trinajstić information content (AvgIpc) is 2.63. The zero-order valence-electron chi connectivity index (χ0n) is 13.9. The van der Waals surface area contributed by atoms with Crippen LogP contribution in [0.2, 0.25) is 0 Å². The Morgan fingerprint density at radius 3 is 2.48 bits per heavy atom. The first-order chi connectivity index (χ1) is 12.0. The number of nitrogens with one attached hydrogen (secondary N) is 1. The molecule has 0 aliphatic carbocycles. The Labute approximate surface area is 145 Å². The SMILES string of the molecule is CCC(CO)N(Cc1cccnc1)C(=O)Nc1ccc(C(=O)O)cc1. The predicted molar refractivity (Wildman–Crippen MR) is 93.4 cm³/mol. The van der Waals surface area contributed by atoms with E-state index in [9.17, 15) is 14.7 Å². The number of carboxylic acid groups (broad SMARTS) is 1. The number of urea groups is 1. The van der Waals surface area contributed by atoms with Crippen molar-refractivity contribution in [3.8, 4) is 0 Å². The van der Waals surface area contributed by atoms with Crippen molar-refractivity contribution in [3.63, 3.8) is 0 Å². The predicted octanol–water partition coefficient (Wildman–Crippen LogP) is 2.58. The van der Waals surface area contributed by atoms with Crippen LogP contribution in [0.15, 0.2) is 48.8 Å². The molecule has 2 amide bonds. The number of aromatic carboxylic acids is 1. The highest BCUT2D eigenvalue weighted by Gasteiger charge is 2.22. The molecule has 1 aromatic carbocycles. The smallest absolute Gasteiger partial charge is 0.335 e. The van der Waals surface area contributed by atoms with Crippen LogP contribution in [0, 0.1) is 0 Å². The highest BCUT2D eigenvalue weighted by atomic mass is 16.4. The average molecular weight is 343 g/mol. The number of aliphatic hydroxyl groups is 1. The molecule has 25 heavy (non-hydrogen) atoms. The quantitative estimate of drug-likeness (QED) is 0.717. The molecule has 3 N–H and O–H groups in total. The minimum atomic E-state index is -1.03. The third kappa shape index (κ3) is 5.02. The van der Waals surface area contributed by atoms with E-state index in [2.05, 4.69) is 10.3 Å². The molecular weight excluding hydrogens is 322 g/mol. The largest absolute Gasteiger partial charge is 0.478 e. The minimum absolute atomic E-state index is 0.145. The number of nitrogens with zero attached hydrogens (tertiary/aromatic N) is 2. The van der Waals surface area contributed by atoms with Crippen LogP contribution in [-0.4, -0.2) is 44.7 Å². The lowest BCUT2D eigenvalue weighted by atomic mass is 10.1. The monoisotopic (exact) mass is 343 g/mol. The number of benzene rings is 1. The van der Waals surface area contributed by atoms with Gasteiger partial charge in [-0.1, -0.05) is 13.0 Å². The Morgan fingerprint density at radius 1 is 1.24 bits per heavy atom. The number of rotatable bonds is 7. The summed E-state index contributed by atoms with van der Waals surface area (Å²) >= 11 is 0. The normalized spacial score (nSPS) is 11.6. The third-order valence-electron chi connectivity index (χ3n) is 3.84.